The van der Waals surface area contributed by atoms with Crippen LogP contribution >= 0.6 is 0 Å². The Morgan fingerprint density at radius 3 is 2.75 bits per heavy atom. The molecule has 0 atom stereocenters. The van der Waals surface area contributed by atoms with Crippen molar-refractivity contribution in [3.05, 3.63) is 71.6 Å². The molecule has 1 N–H and O–H groups in total. The molecule has 0 unspecified atom stereocenters. The highest BCUT2D eigenvalue weighted by Gasteiger charge is 2.21. The fraction of sp³-hybridized carbons (Fsp3) is 0.200. The molecule has 1 aliphatic heterocycles. The zero-order valence-electron chi connectivity index (χ0n) is 13.3. The van der Waals surface area contributed by atoms with Crippen molar-refractivity contribution in [1.29, 1.82) is 0 Å². The van der Waals surface area contributed by atoms with Gasteiger partial charge in [0, 0.05) is 24.6 Å². The summed E-state index contributed by atoms with van der Waals surface area (Å²) in [6.45, 7) is 0.788. The van der Waals surface area contributed by atoms with Crippen LogP contribution in [0.2, 0.25) is 0 Å². The monoisotopic (exact) mass is 318 g/mol. The molecule has 2 aromatic carbocycles. The number of aromatic nitrogens is 2. The van der Waals surface area contributed by atoms with E-state index in [9.17, 15) is 4.79 Å². The van der Waals surface area contributed by atoms with Crippen molar-refractivity contribution in [3.8, 4) is 0 Å². The van der Waals surface area contributed by atoms with Crippen LogP contribution in [0.1, 0.15) is 23.4 Å². The lowest BCUT2D eigenvalue weighted by molar-refractivity contribution is -0.131. The van der Waals surface area contributed by atoms with Crippen LogP contribution in [-0.4, -0.2) is 20.6 Å². The van der Waals surface area contributed by atoms with Gasteiger partial charge in [0.25, 0.3) is 0 Å². The van der Waals surface area contributed by atoms with Gasteiger partial charge in [-0.25, -0.2) is 9.78 Å². The molecule has 0 radical (unpaired) electrons. The molecule has 0 amide bonds. The molecule has 0 bridgehead atoms. The number of carbonyl (C=O) groups is 1. The summed E-state index contributed by atoms with van der Waals surface area (Å²) in [5, 5.41) is 9.09. The van der Waals surface area contributed by atoms with Crippen molar-refractivity contribution in [2.45, 2.75) is 25.8 Å². The van der Waals surface area contributed by atoms with Crippen molar-refractivity contribution >= 4 is 22.6 Å². The van der Waals surface area contributed by atoms with Crippen LogP contribution in [0.25, 0.3) is 16.6 Å². The van der Waals surface area contributed by atoms with E-state index >= 15 is 0 Å². The Morgan fingerprint density at radius 2 is 1.96 bits per heavy atom. The third-order valence-electron chi connectivity index (χ3n) is 4.57. The van der Waals surface area contributed by atoms with Gasteiger partial charge in [-0.2, -0.15) is 0 Å². The molecule has 0 saturated heterocycles. The lowest BCUT2D eigenvalue weighted by Gasteiger charge is -2.19. The number of hydrogen-bond acceptors (Lipinski definition) is 2. The predicted molar refractivity (Wildman–Crippen MR) is 93.8 cm³/mol. The van der Waals surface area contributed by atoms with E-state index in [0.29, 0.717) is 0 Å². The summed E-state index contributed by atoms with van der Waals surface area (Å²) in [6.07, 6.45) is 3.90. The van der Waals surface area contributed by atoms with Gasteiger partial charge in [-0.3, -0.25) is 0 Å². The SMILES string of the molecule is O=C(O)C=C1CCn2c(CCc3ccccc3)nc3cccc1c32. The van der Waals surface area contributed by atoms with Gasteiger partial charge in [-0.05, 0) is 30.0 Å². The Morgan fingerprint density at radius 1 is 1.12 bits per heavy atom. The van der Waals surface area contributed by atoms with Crippen LogP contribution in [0.15, 0.2) is 54.6 Å². The molecule has 4 nitrogen and oxygen atoms in total. The highest BCUT2D eigenvalue weighted by molar-refractivity contribution is 5.97. The molecule has 2 heterocycles. The second-order valence-corrected chi connectivity index (χ2v) is 6.10. The molecule has 0 spiro atoms. The van der Waals surface area contributed by atoms with E-state index in [1.807, 2.05) is 24.3 Å². The van der Waals surface area contributed by atoms with Gasteiger partial charge in [0.2, 0.25) is 0 Å². The summed E-state index contributed by atoms with van der Waals surface area (Å²) in [6, 6.07) is 16.4. The number of nitrogens with zero attached hydrogens (tertiary/aromatic N) is 2. The molecule has 24 heavy (non-hydrogen) atoms. The van der Waals surface area contributed by atoms with Gasteiger partial charge in [0.15, 0.2) is 0 Å². The van der Waals surface area contributed by atoms with Crippen LogP contribution in [0.4, 0.5) is 0 Å². The van der Waals surface area contributed by atoms with Gasteiger partial charge >= 0.3 is 5.97 Å². The number of imidazole rings is 1. The molecule has 4 heteroatoms. The fourth-order valence-corrected chi connectivity index (χ4v) is 3.49. The van der Waals surface area contributed by atoms with E-state index < -0.39 is 5.97 Å². The van der Waals surface area contributed by atoms with Gasteiger partial charge < -0.3 is 9.67 Å². The molecule has 0 aliphatic carbocycles. The zero-order chi connectivity index (χ0) is 16.5. The van der Waals surface area contributed by atoms with E-state index in [1.165, 1.54) is 11.6 Å². The summed E-state index contributed by atoms with van der Waals surface area (Å²) in [5.74, 6) is 0.190. The number of aliphatic carboxylic acids is 1. The Bertz CT molecular complexity index is 939. The van der Waals surface area contributed by atoms with Crippen LogP contribution in [0.5, 0.6) is 0 Å². The van der Waals surface area contributed by atoms with E-state index in [1.54, 1.807) is 0 Å². The Labute approximate surface area is 140 Å². The lowest BCUT2D eigenvalue weighted by Crippen LogP contribution is -2.11. The van der Waals surface area contributed by atoms with Crippen molar-refractivity contribution in [3.63, 3.8) is 0 Å². The number of aryl methyl sites for hydroxylation is 3. The van der Waals surface area contributed by atoms with Crippen LogP contribution in [0.3, 0.4) is 0 Å². The van der Waals surface area contributed by atoms with Gasteiger partial charge in [-0.15, -0.1) is 0 Å². The largest absolute Gasteiger partial charge is 0.478 e. The van der Waals surface area contributed by atoms with Gasteiger partial charge in [-0.1, -0.05) is 42.5 Å². The maximum Gasteiger partial charge on any atom is 0.328 e. The van der Waals surface area contributed by atoms with Crippen molar-refractivity contribution in [2.75, 3.05) is 0 Å². The maximum absolute atomic E-state index is 11.1. The van der Waals surface area contributed by atoms with Crippen molar-refractivity contribution < 1.29 is 9.90 Å². The Hall–Kier alpha value is -2.88. The standard InChI is InChI=1S/C20H18N2O2/c23-19(24)13-15-11-12-22-18(10-9-14-5-2-1-3-6-14)21-17-8-4-7-16(15)20(17)22/h1-8,13H,9-12H2,(H,23,24). The second-order valence-electron chi connectivity index (χ2n) is 6.10. The van der Waals surface area contributed by atoms with Crippen molar-refractivity contribution in [2.24, 2.45) is 0 Å². The van der Waals surface area contributed by atoms with Crippen molar-refractivity contribution in [1.82, 2.24) is 9.55 Å². The first kappa shape index (κ1) is 14.7. The molecule has 0 saturated carbocycles. The first-order valence-electron chi connectivity index (χ1n) is 8.18. The summed E-state index contributed by atoms with van der Waals surface area (Å²) in [5.41, 5.74) is 5.21. The van der Waals surface area contributed by atoms with Crippen LogP contribution < -0.4 is 0 Å². The van der Waals surface area contributed by atoms with Gasteiger partial charge in [0.05, 0.1) is 11.0 Å². The van der Waals surface area contributed by atoms with Crippen LogP contribution in [-0.2, 0) is 24.2 Å². The minimum absolute atomic E-state index is 0.729. The van der Waals surface area contributed by atoms with Gasteiger partial charge in [0.1, 0.15) is 5.82 Å². The quantitative estimate of drug-likeness (QED) is 0.746. The first-order valence-corrected chi connectivity index (χ1v) is 8.18. The lowest BCUT2D eigenvalue weighted by atomic mass is 9.97. The number of allylic oxidation sites excluding steroid dienone is 1. The summed E-state index contributed by atoms with van der Waals surface area (Å²) in [4.78, 5) is 15.9. The third kappa shape index (κ3) is 2.60. The molecule has 1 aliphatic rings. The molecular weight excluding hydrogens is 300 g/mol. The number of carboxylic acids is 1. The zero-order valence-corrected chi connectivity index (χ0v) is 13.3. The highest BCUT2D eigenvalue weighted by Crippen LogP contribution is 2.33. The number of para-hydroxylation sites is 1. The molecule has 4 rings (SSSR count). The smallest absolute Gasteiger partial charge is 0.328 e. The third-order valence-corrected chi connectivity index (χ3v) is 4.57. The predicted octanol–water partition coefficient (Wildman–Crippen LogP) is 3.69. The molecular formula is C20H18N2O2. The number of benzene rings is 2. The Kier molecular flexibility index (Phi) is 3.65. The number of rotatable bonds is 4. The average molecular weight is 318 g/mol. The summed E-state index contributed by atoms with van der Waals surface area (Å²) >= 11 is 0. The summed E-state index contributed by atoms with van der Waals surface area (Å²) in [7, 11) is 0. The van der Waals surface area contributed by atoms with E-state index in [2.05, 4.69) is 28.8 Å². The molecule has 3 aromatic rings. The summed E-state index contributed by atoms with van der Waals surface area (Å²) < 4.78 is 2.26. The van der Waals surface area contributed by atoms with E-state index in [0.717, 1.165) is 53.8 Å². The average Bonchev–Trinajstić information content (AvgIpc) is 2.95. The highest BCUT2D eigenvalue weighted by atomic mass is 16.4. The number of carboxylic acid groups (broad SMARTS) is 1. The number of hydrogen-bond donors (Lipinski definition) is 1. The second kappa shape index (κ2) is 5.96. The first-order chi connectivity index (χ1) is 11.7. The minimum atomic E-state index is -0.890. The molecule has 1 aromatic heterocycles. The normalized spacial score (nSPS) is 15.1. The Balaban J connectivity index is 1.73. The van der Waals surface area contributed by atoms with E-state index in [-0.39, 0.29) is 0 Å². The topological polar surface area (TPSA) is 55.1 Å². The fourth-order valence-electron chi connectivity index (χ4n) is 3.49. The maximum atomic E-state index is 11.1. The minimum Gasteiger partial charge on any atom is -0.478 e. The van der Waals surface area contributed by atoms with E-state index in [4.69, 9.17) is 10.1 Å². The van der Waals surface area contributed by atoms with Crippen LogP contribution in [0, 0.1) is 0 Å². The molecule has 0 fully saturated rings. The molecule has 120 valence electrons.